The summed E-state index contributed by atoms with van der Waals surface area (Å²) in [6.45, 7) is 2.20. The van der Waals surface area contributed by atoms with Crippen molar-refractivity contribution in [3.63, 3.8) is 0 Å². The minimum absolute atomic E-state index is 0.0942. The lowest BCUT2D eigenvalue weighted by Gasteiger charge is -2.11. The van der Waals surface area contributed by atoms with Crippen LogP contribution >= 0.6 is 0 Å². The Kier molecular flexibility index (Phi) is 2.67. The summed E-state index contributed by atoms with van der Waals surface area (Å²) in [7, 11) is 0. The van der Waals surface area contributed by atoms with Crippen molar-refractivity contribution in [1.82, 2.24) is 4.90 Å². The van der Waals surface area contributed by atoms with Crippen molar-refractivity contribution in [2.45, 2.75) is 13.3 Å². The lowest BCUT2D eigenvalue weighted by Crippen LogP contribution is -2.30. The van der Waals surface area contributed by atoms with Crippen LogP contribution in [0.4, 0.5) is 0 Å². The number of nitrogens with zero attached hydrogens (tertiary/aromatic N) is 1. The van der Waals surface area contributed by atoms with E-state index in [4.69, 9.17) is 0 Å². The lowest BCUT2D eigenvalue weighted by molar-refractivity contribution is -0.255. The number of amides is 2. The Bertz CT molecular complexity index is 521. The molecule has 1 aromatic rings. The molecule has 0 aromatic heterocycles. The van der Waals surface area contributed by atoms with Gasteiger partial charge in [-0.2, -0.15) is 0 Å². The van der Waals surface area contributed by atoms with Crippen molar-refractivity contribution < 1.29 is 19.5 Å². The van der Waals surface area contributed by atoms with E-state index in [0.29, 0.717) is 13.0 Å². The molecule has 0 N–H and O–H groups in total. The number of aromatic carboxylic acids is 1. The van der Waals surface area contributed by atoms with Crippen LogP contribution in [-0.2, 0) is 0 Å². The Labute approximate surface area is 97.7 Å². The highest BCUT2D eigenvalue weighted by atomic mass is 16.4. The van der Waals surface area contributed by atoms with Crippen LogP contribution in [0.3, 0.4) is 0 Å². The summed E-state index contributed by atoms with van der Waals surface area (Å²) in [6, 6.07) is 3.83. The molecule has 0 bridgehead atoms. The number of fused-ring (bicyclic) bond motifs is 1. The first-order valence-electron chi connectivity index (χ1n) is 5.28. The number of carboxylic acids is 1. The molecule has 1 aromatic carbocycles. The average molecular weight is 232 g/mol. The summed E-state index contributed by atoms with van der Waals surface area (Å²) in [5.74, 6) is -2.16. The van der Waals surface area contributed by atoms with Gasteiger partial charge in [0.2, 0.25) is 0 Å². The summed E-state index contributed by atoms with van der Waals surface area (Å²) in [6.07, 6.45) is 0.665. The van der Waals surface area contributed by atoms with E-state index in [0.717, 1.165) is 4.90 Å². The van der Waals surface area contributed by atoms with E-state index in [1.54, 1.807) is 0 Å². The SMILES string of the molecule is CCCN1C(=O)c2ccc(C(=O)[O-])cc2C1=O. The molecule has 0 saturated heterocycles. The normalized spacial score (nSPS) is 14.1. The van der Waals surface area contributed by atoms with Gasteiger partial charge in [-0.3, -0.25) is 14.5 Å². The Balaban J connectivity index is 2.47. The van der Waals surface area contributed by atoms with Crippen LogP contribution < -0.4 is 5.11 Å². The molecule has 5 nitrogen and oxygen atoms in total. The average Bonchev–Trinajstić information content (AvgIpc) is 2.54. The monoisotopic (exact) mass is 232 g/mol. The maximum absolute atomic E-state index is 11.9. The molecule has 1 aliphatic rings. The van der Waals surface area contributed by atoms with Crippen molar-refractivity contribution in [3.8, 4) is 0 Å². The molecular formula is C12H10NO4-. The Morgan fingerprint density at radius 2 is 1.88 bits per heavy atom. The van der Waals surface area contributed by atoms with Gasteiger partial charge < -0.3 is 9.90 Å². The number of carbonyl (C=O) groups excluding carboxylic acids is 3. The molecule has 2 rings (SSSR count). The number of hydrogen-bond donors (Lipinski definition) is 0. The molecule has 2 amide bonds. The van der Waals surface area contributed by atoms with Gasteiger partial charge in [0.1, 0.15) is 0 Å². The quantitative estimate of drug-likeness (QED) is 0.690. The van der Waals surface area contributed by atoms with Crippen LogP contribution in [0, 0.1) is 0 Å². The van der Waals surface area contributed by atoms with Crippen LogP contribution in [0.5, 0.6) is 0 Å². The Hall–Kier alpha value is -2.17. The number of benzene rings is 1. The summed E-state index contributed by atoms with van der Waals surface area (Å²) < 4.78 is 0. The molecule has 5 heteroatoms. The molecule has 0 saturated carbocycles. The van der Waals surface area contributed by atoms with Gasteiger partial charge >= 0.3 is 0 Å². The van der Waals surface area contributed by atoms with Gasteiger partial charge in [0, 0.05) is 6.54 Å². The third kappa shape index (κ3) is 1.69. The summed E-state index contributed by atoms with van der Waals surface area (Å²) in [5.41, 5.74) is 0.307. The summed E-state index contributed by atoms with van der Waals surface area (Å²) in [5, 5.41) is 10.7. The van der Waals surface area contributed by atoms with E-state index in [1.807, 2.05) is 6.92 Å². The van der Waals surface area contributed by atoms with Crippen molar-refractivity contribution in [2.24, 2.45) is 0 Å². The standard InChI is InChI=1S/C12H11NO4/c1-2-5-13-10(14)8-4-3-7(12(16)17)6-9(8)11(13)15/h3-4,6H,2,5H2,1H3,(H,16,17)/p-1. The van der Waals surface area contributed by atoms with Gasteiger partial charge in [0.25, 0.3) is 11.8 Å². The van der Waals surface area contributed by atoms with Crippen molar-refractivity contribution in [2.75, 3.05) is 6.54 Å². The Morgan fingerprint density at radius 3 is 2.47 bits per heavy atom. The van der Waals surface area contributed by atoms with Crippen LogP contribution in [0.2, 0.25) is 0 Å². The van der Waals surface area contributed by atoms with Crippen LogP contribution in [0.15, 0.2) is 18.2 Å². The van der Waals surface area contributed by atoms with Gasteiger partial charge in [-0.25, -0.2) is 0 Å². The van der Waals surface area contributed by atoms with Crippen molar-refractivity contribution >= 4 is 17.8 Å². The molecular weight excluding hydrogens is 222 g/mol. The third-order valence-corrected chi connectivity index (χ3v) is 2.65. The van der Waals surface area contributed by atoms with Crippen molar-refractivity contribution in [3.05, 3.63) is 34.9 Å². The van der Waals surface area contributed by atoms with E-state index < -0.39 is 11.9 Å². The topological polar surface area (TPSA) is 77.5 Å². The van der Waals surface area contributed by atoms with Gasteiger partial charge in [0.15, 0.2) is 0 Å². The highest BCUT2D eigenvalue weighted by molar-refractivity contribution is 6.21. The van der Waals surface area contributed by atoms with Crippen molar-refractivity contribution in [1.29, 1.82) is 0 Å². The highest BCUT2D eigenvalue weighted by Gasteiger charge is 2.34. The molecule has 0 unspecified atom stereocenters. The summed E-state index contributed by atoms with van der Waals surface area (Å²) in [4.78, 5) is 35.5. The molecule has 88 valence electrons. The van der Waals surface area contributed by atoms with E-state index in [9.17, 15) is 19.5 Å². The third-order valence-electron chi connectivity index (χ3n) is 2.65. The molecule has 17 heavy (non-hydrogen) atoms. The molecule has 1 aliphatic heterocycles. The first-order chi connectivity index (χ1) is 8.06. The van der Waals surface area contributed by atoms with E-state index in [1.165, 1.54) is 18.2 Å². The Morgan fingerprint density at radius 1 is 1.24 bits per heavy atom. The van der Waals surface area contributed by atoms with Crippen LogP contribution in [0.25, 0.3) is 0 Å². The zero-order valence-electron chi connectivity index (χ0n) is 9.23. The maximum Gasteiger partial charge on any atom is 0.261 e. The van der Waals surface area contributed by atoms with Gasteiger partial charge in [0.05, 0.1) is 17.1 Å². The first-order valence-corrected chi connectivity index (χ1v) is 5.28. The minimum Gasteiger partial charge on any atom is -0.545 e. The number of hydrogen-bond acceptors (Lipinski definition) is 4. The van der Waals surface area contributed by atoms with Crippen LogP contribution in [0.1, 0.15) is 44.4 Å². The molecule has 1 heterocycles. The first kappa shape index (κ1) is 11.3. The highest BCUT2D eigenvalue weighted by Crippen LogP contribution is 2.23. The molecule has 0 fully saturated rings. The van der Waals surface area contributed by atoms with E-state index in [-0.39, 0.29) is 22.6 Å². The number of rotatable bonds is 3. The lowest BCUT2D eigenvalue weighted by atomic mass is 10.1. The van der Waals surface area contributed by atoms with Crippen LogP contribution in [-0.4, -0.2) is 29.2 Å². The van der Waals surface area contributed by atoms with Gasteiger partial charge in [-0.15, -0.1) is 0 Å². The number of carboxylic acid groups (broad SMARTS) is 1. The van der Waals surface area contributed by atoms with E-state index >= 15 is 0 Å². The second kappa shape index (κ2) is 4.01. The number of carbonyl (C=O) groups is 3. The maximum atomic E-state index is 11.9. The predicted molar refractivity (Wildman–Crippen MR) is 56.4 cm³/mol. The summed E-state index contributed by atoms with van der Waals surface area (Å²) >= 11 is 0. The number of imide groups is 1. The fraction of sp³-hybridized carbons (Fsp3) is 0.250. The zero-order valence-corrected chi connectivity index (χ0v) is 9.23. The second-order valence-corrected chi connectivity index (χ2v) is 3.81. The van der Waals surface area contributed by atoms with Gasteiger partial charge in [-0.05, 0) is 24.1 Å². The second-order valence-electron chi connectivity index (χ2n) is 3.81. The van der Waals surface area contributed by atoms with Gasteiger partial charge in [-0.1, -0.05) is 13.0 Å². The smallest absolute Gasteiger partial charge is 0.261 e. The van der Waals surface area contributed by atoms with E-state index in [2.05, 4.69) is 0 Å². The zero-order chi connectivity index (χ0) is 12.6. The largest absolute Gasteiger partial charge is 0.545 e. The molecule has 0 radical (unpaired) electrons. The predicted octanol–water partition coefficient (Wildman–Crippen LogP) is 0.0561. The molecule has 0 spiro atoms. The fourth-order valence-corrected chi connectivity index (χ4v) is 1.84. The molecule has 0 aliphatic carbocycles. The molecule has 0 atom stereocenters. The fourth-order valence-electron chi connectivity index (χ4n) is 1.84. The minimum atomic E-state index is -1.36.